The van der Waals surface area contributed by atoms with Gasteiger partial charge in [-0.3, -0.25) is 4.57 Å². The van der Waals surface area contributed by atoms with Crippen molar-refractivity contribution in [3.63, 3.8) is 0 Å². The van der Waals surface area contributed by atoms with E-state index in [1.54, 1.807) is 18.7 Å². The summed E-state index contributed by atoms with van der Waals surface area (Å²) in [7, 11) is 3.41. The van der Waals surface area contributed by atoms with Gasteiger partial charge in [-0.2, -0.15) is 0 Å². The van der Waals surface area contributed by atoms with Crippen LogP contribution < -0.4 is 10.4 Å². The van der Waals surface area contributed by atoms with Gasteiger partial charge in [0.15, 0.2) is 0 Å². The second-order valence-corrected chi connectivity index (χ2v) is 6.77. The lowest BCUT2D eigenvalue weighted by molar-refractivity contribution is 0.0292. The van der Waals surface area contributed by atoms with Crippen molar-refractivity contribution in [1.82, 2.24) is 14.5 Å². The smallest absolute Gasteiger partial charge is 0.410 e. The van der Waals surface area contributed by atoms with Gasteiger partial charge in [0.2, 0.25) is 0 Å². The summed E-state index contributed by atoms with van der Waals surface area (Å²) < 4.78 is 12.5. The van der Waals surface area contributed by atoms with Gasteiger partial charge >= 0.3 is 11.8 Å². The Hall–Kier alpha value is -2.44. The Balaban J connectivity index is 1.83. The summed E-state index contributed by atoms with van der Waals surface area (Å²) in [6.07, 6.45) is 0.339. The highest BCUT2D eigenvalue weighted by Gasteiger charge is 2.19. The predicted octanol–water partition coefficient (Wildman–Crippen LogP) is 2.50. The number of carbonyl (C=O) groups excluding carboxylic acids is 1. The van der Waals surface area contributed by atoms with Crippen LogP contribution in [0.2, 0.25) is 0 Å². The number of imidazole rings is 1. The molecule has 0 saturated carbocycles. The van der Waals surface area contributed by atoms with Gasteiger partial charge < -0.3 is 19.4 Å². The lowest BCUT2D eigenvalue weighted by Gasteiger charge is -2.24. The van der Waals surface area contributed by atoms with Crippen LogP contribution >= 0.6 is 0 Å². The number of benzene rings is 1. The van der Waals surface area contributed by atoms with Gasteiger partial charge in [-0.05, 0) is 39.3 Å². The number of H-pyrrole nitrogens is 1. The number of nitrogens with zero attached hydrogens (tertiary/aromatic N) is 2. The van der Waals surface area contributed by atoms with Crippen LogP contribution in [0.15, 0.2) is 23.0 Å². The molecule has 1 N–H and O–H groups in total. The monoisotopic (exact) mass is 335 g/mol. The summed E-state index contributed by atoms with van der Waals surface area (Å²) in [6, 6.07) is 5.46. The summed E-state index contributed by atoms with van der Waals surface area (Å²) in [4.78, 5) is 27.7. The molecule has 0 fully saturated rings. The minimum Gasteiger partial charge on any atom is -0.493 e. The summed E-state index contributed by atoms with van der Waals surface area (Å²) in [5.41, 5.74) is 0.924. The first-order valence-electron chi connectivity index (χ1n) is 7.93. The molecule has 0 unspecified atom stereocenters. The summed E-state index contributed by atoms with van der Waals surface area (Å²) in [5.74, 6) is 0.692. The van der Waals surface area contributed by atoms with Gasteiger partial charge in [-0.25, -0.2) is 9.59 Å². The Bertz CT molecular complexity index is 770. The summed E-state index contributed by atoms with van der Waals surface area (Å²) >= 11 is 0. The minimum absolute atomic E-state index is 0.152. The number of fused-ring (bicyclic) bond motifs is 1. The van der Waals surface area contributed by atoms with Crippen molar-refractivity contribution in [3.8, 4) is 5.75 Å². The molecule has 0 saturated heterocycles. The van der Waals surface area contributed by atoms with Gasteiger partial charge in [-0.15, -0.1) is 0 Å². The van der Waals surface area contributed by atoms with Crippen molar-refractivity contribution in [2.45, 2.75) is 32.8 Å². The molecular formula is C17H25N3O4. The number of ether oxygens (including phenoxy) is 2. The molecule has 1 aromatic carbocycles. The third-order valence-corrected chi connectivity index (χ3v) is 3.49. The summed E-state index contributed by atoms with van der Waals surface area (Å²) in [5, 5.41) is 0. The van der Waals surface area contributed by atoms with E-state index in [1.165, 1.54) is 4.90 Å². The third-order valence-electron chi connectivity index (χ3n) is 3.49. The highest BCUT2D eigenvalue weighted by atomic mass is 16.6. The van der Waals surface area contributed by atoms with Crippen LogP contribution in [0.1, 0.15) is 27.2 Å². The average Bonchev–Trinajstić information content (AvgIpc) is 2.77. The molecule has 1 aromatic heterocycles. The van der Waals surface area contributed by atoms with E-state index in [0.29, 0.717) is 25.3 Å². The van der Waals surface area contributed by atoms with E-state index >= 15 is 0 Å². The van der Waals surface area contributed by atoms with E-state index in [0.717, 1.165) is 11.0 Å². The van der Waals surface area contributed by atoms with E-state index in [-0.39, 0.29) is 11.8 Å². The second-order valence-electron chi connectivity index (χ2n) is 6.77. The first kappa shape index (κ1) is 17.9. The number of hydrogen-bond acceptors (Lipinski definition) is 4. The van der Waals surface area contributed by atoms with Crippen LogP contribution in [0.25, 0.3) is 11.0 Å². The maximum absolute atomic E-state index is 11.8. The third kappa shape index (κ3) is 4.53. The maximum Gasteiger partial charge on any atom is 0.410 e. The van der Waals surface area contributed by atoms with Crippen molar-refractivity contribution in [2.24, 2.45) is 7.05 Å². The van der Waals surface area contributed by atoms with Crippen LogP contribution in [0.5, 0.6) is 5.75 Å². The normalized spacial score (nSPS) is 11.5. The van der Waals surface area contributed by atoms with E-state index in [1.807, 2.05) is 39.0 Å². The number of aromatic amines is 1. The number of hydrogen-bond donors (Lipinski definition) is 1. The molecule has 0 aliphatic heterocycles. The molecule has 1 amide bonds. The second kappa shape index (κ2) is 6.98. The van der Waals surface area contributed by atoms with Gasteiger partial charge in [0.1, 0.15) is 11.4 Å². The molecule has 0 aliphatic rings. The quantitative estimate of drug-likeness (QED) is 0.852. The summed E-state index contributed by atoms with van der Waals surface area (Å²) in [6.45, 7) is 6.53. The number of nitrogens with one attached hydrogen (secondary N) is 1. The van der Waals surface area contributed by atoms with E-state index in [2.05, 4.69) is 4.98 Å². The van der Waals surface area contributed by atoms with Crippen LogP contribution in [0, 0.1) is 0 Å². The predicted molar refractivity (Wildman–Crippen MR) is 92.5 cm³/mol. The van der Waals surface area contributed by atoms with Crippen LogP contribution in [0.4, 0.5) is 4.79 Å². The molecular weight excluding hydrogens is 310 g/mol. The van der Waals surface area contributed by atoms with Crippen molar-refractivity contribution >= 4 is 17.1 Å². The number of aryl methyl sites for hydroxylation is 1. The van der Waals surface area contributed by atoms with Crippen LogP contribution in [-0.2, 0) is 11.8 Å². The molecule has 0 aliphatic carbocycles. The standard InChI is InChI=1S/C17H25N3O4/c1-17(2,3)24-16(22)19(4)9-6-10-23-12-7-8-13-14(11-12)20(5)15(21)18-13/h7-8,11H,6,9-10H2,1-5H3,(H,18,21). The van der Waals surface area contributed by atoms with Crippen molar-refractivity contribution < 1.29 is 14.3 Å². The number of rotatable bonds is 5. The average molecular weight is 335 g/mol. The maximum atomic E-state index is 11.8. The molecule has 0 radical (unpaired) electrons. The van der Waals surface area contributed by atoms with Gasteiger partial charge in [0.05, 0.1) is 17.6 Å². The number of amides is 1. The zero-order chi connectivity index (χ0) is 17.9. The first-order valence-corrected chi connectivity index (χ1v) is 7.93. The topological polar surface area (TPSA) is 76.6 Å². The molecule has 7 nitrogen and oxygen atoms in total. The molecule has 24 heavy (non-hydrogen) atoms. The molecule has 2 aromatic rings. The molecule has 0 atom stereocenters. The van der Waals surface area contributed by atoms with Crippen LogP contribution in [-0.4, -0.2) is 46.3 Å². The van der Waals surface area contributed by atoms with Gasteiger partial charge in [-0.1, -0.05) is 0 Å². The van der Waals surface area contributed by atoms with Gasteiger partial charge in [0, 0.05) is 26.7 Å². The molecule has 132 valence electrons. The van der Waals surface area contributed by atoms with Crippen molar-refractivity contribution in [3.05, 3.63) is 28.7 Å². The lowest BCUT2D eigenvalue weighted by atomic mass is 10.2. The zero-order valence-electron chi connectivity index (χ0n) is 14.9. The van der Waals surface area contributed by atoms with Crippen LogP contribution in [0.3, 0.4) is 0 Å². The Labute approximate surface area is 141 Å². The fraction of sp³-hybridized carbons (Fsp3) is 0.529. The molecule has 0 spiro atoms. The Morgan fingerprint density at radius 3 is 2.71 bits per heavy atom. The first-order chi connectivity index (χ1) is 11.2. The fourth-order valence-corrected chi connectivity index (χ4v) is 2.22. The zero-order valence-corrected chi connectivity index (χ0v) is 14.9. The molecule has 7 heteroatoms. The van der Waals surface area contributed by atoms with E-state index in [9.17, 15) is 9.59 Å². The lowest BCUT2D eigenvalue weighted by Crippen LogP contribution is -2.35. The molecule has 0 bridgehead atoms. The fourth-order valence-electron chi connectivity index (χ4n) is 2.22. The molecule has 2 rings (SSSR count). The molecule has 1 heterocycles. The highest BCUT2D eigenvalue weighted by molar-refractivity contribution is 5.76. The highest BCUT2D eigenvalue weighted by Crippen LogP contribution is 2.18. The number of aromatic nitrogens is 2. The Morgan fingerprint density at radius 2 is 2.04 bits per heavy atom. The van der Waals surface area contributed by atoms with E-state index in [4.69, 9.17) is 9.47 Å². The van der Waals surface area contributed by atoms with Crippen molar-refractivity contribution in [1.29, 1.82) is 0 Å². The SMILES string of the molecule is CN(CCCOc1ccc2[nH]c(=O)n(C)c2c1)C(=O)OC(C)(C)C. The number of carbonyl (C=O) groups is 1. The largest absolute Gasteiger partial charge is 0.493 e. The van der Waals surface area contributed by atoms with Gasteiger partial charge in [0.25, 0.3) is 0 Å². The Kier molecular flexibility index (Phi) is 5.21. The van der Waals surface area contributed by atoms with Crippen molar-refractivity contribution in [2.75, 3.05) is 20.2 Å². The Morgan fingerprint density at radius 1 is 1.33 bits per heavy atom. The minimum atomic E-state index is -0.496. The van der Waals surface area contributed by atoms with E-state index < -0.39 is 5.60 Å².